The van der Waals surface area contributed by atoms with Crippen molar-refractivity contribution < 1.29 is 8.78 Å². The number of rotatable bonds is 3. The van der Waals surface area contributed by atoms with E-state index in [4.69, 9.17) is 5.84 Å². The molecule has 1 saturated carbocycles. The van der Waals surface area contributed by atoms with Crippen LogP contribution >= 0.6 is 0 Å². The van der Waals surface area contributed by atoms with E-state index in [0.29, 0.717) is 11.8 Å². The number of hydrogen-bond donors (Lipinski definition) is 3. The van der Waals surface area contributed by atoms with E-state index in [1.807, 2.05) is 0 Å². The molecule has 0 aromatic carbocycles. The maximum atomic E-state index is 13.7. The first kappa shape index (κ1) is 14.0. The number of halogens is 2. The van der Waals surface area contributed by atoms with E-state index >= 15 is 0 Å². The highest BCUT2D eigenvalue weighted by atomic mass is 19.1. The molecule has 1 aromatic heterocycles. The van der Waals surface area contributed by atoms with Gasteiger partial charge in [0.15, 0.2) is 23.3 Å². The summed E-state index contributed by atoms with van der Waals surface area (Å²) in [7, 11) is 0. The molecule has 0 bridgehead atoms. The second-order valence-corrected chi connectivity index (χ2v) is 5.40. The molecule has 4 N–H and O–H groups in total. The van der Waals surface area contributed by atoms with Crippen LogP contribution in [-0.4, -0.2) is 11.0 Å². The van der Waals surface area contributed by atoms with Crippen LogP contribution in [-0.2, 0) is 0 Å². The molecule has 4 nitrogen and oxygen atoms in total. The zero-order chi connectivity index (χ0) is 14.0. The van der Waals surface area contributed by atoms with E-state index in [-0.39, 0.29) is 17.7 Å². The van der Waals surface area contributed by atoms with E-state index in [1.165, 1.54) is 0 Å². The average Bonchev–Trinajstić information content (AvgIpc) is 2.37. The second-order valence-electron chi connectivity index (χ2n) is 5.40. The molecule has 1 aromatic rings. The van der Waals surface area contributed by atoms with Crippen LogP contribution in [0, 0.1) is 23.5 Å². The molecule has 106 valence electrons. The van der Waals surface area contributed by atoms with E-state index in [2.05, 4.69) is 29.6 Å². The lowest BCUT2D eigenvalue weighted by Crippen LogP contribution is -2.31. The highest BCUT2D eigenvalue weighted by Gasteiger charge is 2.25. The molecule has 1 fully saturated rings. The Morgan fingerprint density at radius 3 is 2.47 bits per heavy atom. The predicted octanol–water partition coefficient (Wildman–Crippen LogP) is 2.88. The van der Waals surface area contributed by atoms with Gasteiger partial charge in [0.2, 0.25) is 0 Å². The molecule has 1 aliphatic carbocycles. The lowest BCUT2D eigenvalue weighted by molar-refractivity contribution is 0.260. The van der Waals surface area contributed by atoms with E-state index < -0.39 is 11.6 Å². The Labute approximate surface area is 111 Å². The summed E-state index contributed by atoms with van der Waals surface area (Å²) in [5, 5.41) is 3.05. The summed E-state index contributed by atoms with van der Waals surface area (Å²) in [5.74, 6) is 4.83. The summed E-state index contributed by atoms with van der Waals surface area (Å²) < 4.78 is 26.9. The lowest BCUT2D eigenvalue weighted by atomic mass is 9.79. The Hall–Kier alpha value is -1.43. The van der Waals surface area contributed by atoms with Gasteiger partial charge in [0.1, 0.15) is 0 Å². The fourth-order valence-electron chi connectivity index (χ4n) is 2.54. The molecule has 1 heterocycles. The molecule has 0 amide bonds. The van der Waals surface area contributed by atoms with Crippen molar-refractivity contribution in [2.45, 2.75) is 39.2 Å². The Morgan fingerprint density at radius 1 is 1.16 bits per heavy atom. The zero-order valence-corrected chi connectivity index (χ0v) is 11.2. The Balaban J connectivity index is 2.11. The molecule has 3 unspecified atom stereocenters. The molecular weight excluding hydrogens is 250 g/mol. The number of hydrazine groups is 1. The van der Waals surface area contributed by atoms with Gasteiger partial charge in [-0.1, -0.05) is 13.8 Å². The Morgan fingerprint density at radius 2 is 1.84 bits per heavy atom. The summed E-state index contributed by atoms with van der Waals surface area (Å²) in [5.41, 5.74) is 2.12. The second kappa shape index (κ2) is 5.69. The predicted molar refractivity (Wildman–Crippen MR) is 71.6 cm³/mol. The molecule has 0 radical (unpaired) electrons. The van der Waals surface area contributed by atoms with Crippen LogP contribution in [0.5, 0.6) is 0 Å². The van der Waals surface area contributed by atoms with Crippen molar-refractivity contribution >= 4 is 11.6 Å². The van der Waals surface area contributed by atoms with Crippen molar-refractivity contribution in [3.05, 3.63) is 17.7 Å². The van der Waals surface area contributed by atoms with Gasteiger partial charge in [-0.25, -0.2) is 19.6 Å². The maximum Gasteiger partial charge on any atom is 0.178 e. The molecule has 19 heavy (non-hydrogen) atoms. The number of nitrogens with zero attached hydrogens (tertiary/aromatic N) is 1. The third-order valence-corrected chi connectivity index (χ3v) is 4.01. The molecule has 0 spiro atoms. The highest BCUT2D eigenvalue weighted by Crippen LogP contribution is 2.31. The number of hydrogen-bond acceptors (Lipinski definition) is 4. The van der Waals surface area contributed by atoms with Gasteiger partial charge < -0.3 is 10.7 Å². The van der Waals surface area contributed by atoms with Crippen LogP contribution < -0.4 is 16.6 Å². The van der Waals surface area contributed by atoms with Crippen molar-refractivity contribution in [2.24, 2.45) is 17.7 Å². The summed E-state index contributed by atoms with van der Waals surface area (Å²) in [4.78, 5) is 3.83. The first-order valence-corrected chi connectivity index (χ1v) is 6.60. The number of anilines is 2. The molecule has 2 rings (SSSR count). The van der Waals surface area contributed by atoms with Crippen molar-refractivity contribution in [2.75, 3.05) is 10.7 Å². The monoisotopic (exact) mass is 270 g/mol. The van der Waals surface area contributed by atoms with Crippen LogP contribution in [0.25, 0.3) is 0 Å². The van der Waals surface area contributed by atoms with E-state index in [1.54, 1.807) is 0 Å². The fraction of sp³-hybridized carbons (Fsp3) is 0.615. The minimum absolute atomic E-state index is 0.0566. The quantitative estimate of drug-likeness (QED) is 0.584. The Kier molecular flexibility index (Phi) is 4.19. The number of nitrogen functional groups attached to an aromatic ring is 1. The van der Waals surface area contributed by atoms with E-state index in [9.17, 15) is 8.78 Å². The van der Waals surface area contributed by atoms with Gasteiger partial charge >= 0.3 is 0 Å². The normalized spacial score (nSPS) is 27.1. The number of nitrogens with one attached hydrogen (secondary N) is 2. The van der Waals surface area contributed by atoms with Crippen molar-refractivity contribution in [3.63, 3.8) is 0 Å². The minimum Gasteiger partial charge on any atom is -0.365 e. The molecule has 1 aliphatic rings. The average molecular weight is 270 g/mol. The van der Waals surface area contributed by atoms with Crippen LogP contribution in [0.4, 0.5) is 20.4 Å². The first-order chi connectivity index (χ1) is 9.01. The lowest BCUT2D eigenvalue weighted by Gasteiger charge is -2.32. The van der Waals surface area contributed by atoms with Gasteiger partial charge in [0, 0.05) is 12.1 Å². The SMILES string of the molecule is CC1CCC(Nc2nc(NN)c(F)cc2F)CC1C. The maximum absolute atomic E-state index is 13.7. The number of pyridine rings is 1. The number of aromatic nitrogens is 1. The van der Waals surface area contributed by atoms with Crippen molar-refractivity contribution in [3.8, 4) is 0 Å². The largest absolute Gasteiger partial charge is 0.365 e. The smallest absolute Gasteiger partial charge is 0.178 e. The zero-order valence-electron chi connectivity index (χ0n) is 11.2. The van der Waals surface area contributed by atoms with Gasteiger partial charge in [-0.2, -0.15) is 0 Å². The van der Waals surface area contributed by atoms with Gasteiger partial charge in [-0.3, -0.25) is 0 Å². The van der Waals surface area contributed by atoms with Crippen LogP contribution in [0.15, 0.2) is 6.07 Å². The molecule has 3 atom stereocenters. The van der Waals surface area contributed by atoms with Crippen LogP contribution in [0.2, 0.25) is 0 Å². The third kappa shape index (κ3) is 3.12. The fourth-order valence-corrected chi connectivity index (χ4v) is 2.54. The summed E-state index contributed by atoms with van der Waals surface area (Å²) in [6.45, 7) is 4.42. The van der Waals surface area contributed by atoms with Gasteiger partial charge in [-0.15, -0.1) is 0 Å². The van der Waals surface area contributed by atoms with Gasteiger partial charge in [0.05, 0.1) is 0 Å². The van der Waals surface area contributed by atoms with Gasteiger partial charge in [0.25, 0.3) is 0 Å². The van der Waals surface area contributed by atoms with Crippen molar-refractivity contribution in [1.82, 2.24) is 4.98 Å². The third-order valence-electron chi connectivity index (χ3n) is 4.01. The summed E-state index contributed by atoms with van der Waals surface area (Å²) >= 11 is 0. The summed E-state index contributed by atoms with van der Waals surface area (Å²) in [6.07, 6.45) is 3.03. The highest BCUT2D eigenvalue weighted by molar-refractivity contribution is 5.47. The summed E-state index contributed by atoms with van der Waals surface area (Å²) in [6, 6.07) is 0.962. The first-order valence-electron chi connectivity index (χ1n) is 6.60. The molecule has 0 saturated heterocycles. The van der Waals surface area contributed by atoms with E-state index in [0.717, 1.165) is 25.3 Å². The van der Waals surface area contributed by atoms with Crippen molar-refractivity contribution in [1.29, 1.82) is 0 Å². The number of nitrogens with two attached hydrogens (primary N) is 1. The topological polar surface area (TPSA) is 63.0 Å². The van der Waals surface area contributed by atoms with Crippen LogP contribution in [0.3, 0.4) is 0 Å². The molecule has 0 aliphatic heterocycles. The Bertz CT molecular complexity index is 453. The van der Waals surface area contributed by atoms with Gasteiger partial charge in [-0.05, 0) is 31.1 Å². The molecular formula is C13H20F2N4. The molecule has 6 heteroatoms. The van der Waals surface area contributed by atoms with Crippen LogP contribution in [0.1, 0.15) is 33.1 Å². The minimum atomic E-state index is -0.795. The standard InChI is InChI=1S/C13H20F2N4/c1-7-3-4-9(5-8(7)2)17-12-10(14)6-11(15)13(18-12)19-16/h6-9H,3-5,16H2,1-2H3,(H2,17,18,19).